The van der Waals surface area contributed by atoms with Crippen molar-refractivity contribution >= 4 is 40.8 Å². The van der Waals surface area contributed by atoms with Gasteiger partial charge in [-0.2, -0.15) is 0 Å². The highest BCUT2D eigenvalue weighted by atomic mass is 35.5. The average molecular weight is 335 g/mol. The van der Waals surface area contributed by atoms with Gasteiger partial charge in [-0.15, -0.1) is 0 Å². The normalized spacial score (nSPS) is 10.4. The van der Waals surface area contributed by atoms with Gasteiger partial charge in [0.05, 0.1) is 17.2 Å². The molecule has 0 saturated carbocycles. The van der Waals surface area contributed by atoms with E-state index in [0.717, 1.165) is 13.2 Å². The van der Waals surface area contributed by atoms with Gasteiger partial charge >= 0.3 is 5.97 Å². The molecule has 2 aromatic rings. The van der Waals surface area contributed by atoms with Gasteiger partial charge in [-0.05, 0) is 18.2 Å². The molecule has 0 bridgehead atoms. The predicted molar refractivity (Wildman–Crippen MR) is 76.0 cm³/mol. The Morgan fingerprint density at radius 3 is 2.30 bits per heavy atom. The van der Waals surface area contributed by atoms with E-state index in [2.05, 4.69) is 9.72 Å². The fourth-order valence-electron chi connectivity index (χ4n) is 1.64. The van der Waals surface area contributed by atoms with Crippen molar-refractivity contribution in [2.75, 3.05) is 7.11 Å². The molecular formula is C13H7Cl3FNO2. The van der Waals surface area contributed by atoms with Crippen LogP contribution in [-0.4, -0.2) is 18.1 Å². The average Bonchev–Trinajstić information content (AvgIpc) is 2.37. The van der Waals surface area contributed by atoms with E-state index in [0.29, 0.717) is 16.1 Å². The summed E-state index contributed by atoms with van der Waals surface area (Å²) in [5.74, 6) is -1.68. The van der Waals surface area contributed by atoms with Crippen LogP contribution in [0.1, 0.15) is 10.5 Å². The van der Waals surface area contributed by atoms with Gasteiger partial charge in [0.15, 0.2) is 11.5 Å². The van der Waals surface area contributed by atoms with E-state index >= 15 is 0 Å². The number of hydrogen-bond acceptors (Lipinski definition) is 3. The molecule has 0 fully saturated rings. The molecule has 1 aromatic carbocycles. The van der Waals surface area contributed by atoms with Crippen molar-refractivity contribution in [3.8, 4) is 11.1 Å². The fraction of sp³-hybridized carbons (Fsp3) is 0.0769. The second-order valence-corrected chi connectivity index (χ2v) is 5.04. The summed E-state index contributed by atoms with van der Waals surface area (Å²) in [4.78, 5) is 15.0. The second kappa shape index (κ2) is 5.95. The summed E-state index contributed by atoms with van der Waals surface area (Å²) in [7, 11) is 1.14. The van der Waals surface area contributed by atoms with Gasteiger partial charge in [-0.1, -0.05) is 34.8 Å². The third kappa shape index (κ3) is 2.87. The molecule has 0 aliphatic carbocycles. The quantitative estimate of drug-likeness (QED) is 0.751. The highest BCUT2D eigenvalue weighted by Gasteiger charge is 2.17. The SMILES string of the molecule is COC(=O)c1ncc(-c2c(Cl)cc(Cl)cc2Cl)cc1F. The van der Waals surface area contributed by atoms with E-state index in [1.165, 1.54) is 18.3 Å². The molecule has 2 rings (SSSR count). The van der Waals surface area contributed by atoms with Crippen LogP contribution in [0, 0.1) is 5.82 Å². The summed E-state index contributed by atoms with van der Waals surface area (Å²) in [5, 5.41) is 0.882. The number of carbonyl (C=O) groups is 1. The molecule has 1 heterocycles. The van der Waals surface area contributed by atoms with Crippen LogP contribution < -0.4 is 0 Å². The van der Waals surface area contributed by atoms with Crippen LogP contribution in [0.25, 0.3) is 11.1 Å². The van der Waals surface area contributed by atoms with E-state index in [-0.39, 0.29) is 10.0 Å². The van der Waals surface area contributed by atoms with Crippen LogP contribution in [0.15, 0.2) is 24.4 Å². The minimum Gasteiger partial charge on any atom is -0.464 e. The molecule has 0 spiro atoms. The van der Waals surface area contributed by atoms with Crippen molar-refractivity contribution in [2.45, 2.75) is 0 Å². The number of hydrogen-bond donors (Lipinski definition) is 0. The minimum absolute atomic E-state index is 0.259. The number of halogens is 4. The Bertz CT molecular complexity index is 668. The van der Waals surface area contributed by atoms with Crippen molar-refractivity contribution in [3.05, 3.63) is 51.0 Å². The molecule has 7 heteroatoms. The van der Waals surface area contributed by atoms with E-state index in [1.807, 2.05) is 0 Å². The van der Waals surface area contributed by atoms with Gasteiger partial charge < -0.3 is 4.74 Å². The first-order valence-electron chi connectivity index (χ1n) is 5.32. The molecule has 3 nitrogen and oxygen atoms in total. The van der Waals surface area contributed by atoms with Crippen LogP contribution in [0.2, 0.25) is 15.1 Å². The lowest BCUT2D eigenvalue weighted by molar-refractivity contribution is 0.0588. The zero-order valence-electron chi connectivity index (χ0n) is 10.1. The van der Waals surface area contributed by atoms with E-state index in [1.54, 1.807) is 0 Å². The molecule has 0 unspecified atom stereocenters. The third-order valence-electron chi connectivity index (χ3n) is 2.52. The van der Waals surface area contributed by atoms with E-state index in [4.69, 9.17) is 34.8 Å². The maximum atomic E-state index is 13.8. The summed E-state index contributed by atoms with van der Waals surface area (Å²) < 4.78 is 18.3. The van der Waals surface area contributed by atoms with Crippen LogP contribution in [-0.2, 0) is 4.74 Å². The van der Waals surface area contributed by atoms with Gasteiger partial charge in [-0.25, -0.2) is 14.2 Å². The molecule has 20 heavy (non-hydrogen) atoms. The van der Waals surface area contributed by atoms with Gasteiger partial charge in [0.2, 0.25) is 0 Å². The topological polar surface area (TPSA) is 39.2 Å². The molecule has 0 amide bonds. The number of esters is 1. The maximum Gasteiger partial charge on any atom is 0.359 e. The molecule has 0 saturated heterocycles. The first-order valence-corrected chi connectivity index (χ1v) is 6.46. The van der Waals surface area contributed by atoms with Crippen molar-refractivity contribution in [3.63, 3.8) is 0 Å². The number of benzene rings is 1. The predicted octanol–water partition coefficient (Wildman–Crippen LogP) is 4.63. The number of methoxy groups -OCH3 is 1. The largest absolute Gasteiger partial charge is 0.464 e. The van der Waals surface area contributed by atoms with Crippen LogP contribution in [0.3, 0.4) is 0 Å². The number of pyridine rings is 1. The summed E-state index contributed by atoms with van der Waals surface area (Å²) >= 11 is 17.9. The number of rotatable bonds is 2. The number of ether oxygens (including phenoxy) is 1. The highest BCUT2D eigenvalue weighted by molar-refractivity contribution is 6.41. The molecule has 1 aromatic heterocycles. The molecule has 104 valence electrons. The smallest absolute Gasteiger partial charge is 0.359 e. The lowest BCUT2D eigenvalue weighted by Gasteiger charge is -2.09. The Morgan fingerprint density at radius 1 is 1.20 bits per heavy atom. The van der Waals surface area contributed by atoms with Gasteiger partial charge in [0.25, 0.3) is 0 Å². The fourth-order valence-corrected chi connectivity index (χ4v) is 2.67. The van der Waals surface area contributed by atoms with Crippen molar-refractivity contribution in [1.82, 2.24) is 4.98 Å². The van der Waals surface area contributed by atoms with Gasteiger partial charge in [0.1, 0.15) is 0 Å². The molecule has 0 atom stereocenters. The first kappa shape index (κ1) is 15.0. The van der Waals surface area contributed by atoms with E-state index in [9.17, 15) is 9.18 Å². The number of aromatic nitrogens is 1. The van der Waals surface area contributed by atoms with Crippen molar-refractivity contribution in [1.29, 1.82) is 0 Å². The summed E-state index contributed by atoms with van der Waals surface area (Å²) in [6.45, 7) is 0. The Labute approximate surface area is 129 Å². The van der Waals surface area contributed by atoms with E-state index < -0.39 is 17.5 Å². The van der Waals surface area contributed by atoms with Crippen molar-refractivity contribution < 1.29 is 13.9 Å². The van der Waals surface area contributed by atoms with Crippen LogP contribution in [0.4, 0.5) is 4.39 Å². The molecule has 0 radical (unpaired) electrons. The monoisotopic (exact) mass is 333 g/mol. The molecule has 0 aliphatic rings. The Kier molecular flexibility index (Phi) is 4.48. The Morgan fingerprint density at radius 2 is 1.80 bits per heavy atom. The first-order chi connectivity index (χ1) is 9.43. The standard InChI is InChI=1S/C13H7Cl3FNO2/c1-20-13(19)12-10(17)2-6(5-18-12)11-8(15)3-7(14)4-9(11)16/h2-5H,1H3. The lowest BCUT2D eigenvalue weighted by Crippen LogP contribution is -2.07. The Hall–Kier alpha value is -1.36. The van der Waals surface area contributed by atoms with Gasteiger partial charge in [0, 0.05) is 22.3 Å². The minimum atomic E-state index is -0.859. The molecular weight excluding hydrogens is 328 g/mol. The maximum absolute atomic E-state index is 13.8. The number of carbonyl (C=O) groups excluding carboxylic acids is 1. The van der Waals surface area contributed by atoms with Crippen LogP contribution in [0.5, 0.6) is 0 Å². The highest BCUT2D eigenvalue weighted by Crippen LogP contribution is 2.37. The zero-order chi connectivity index (χ0) is 14.9. The second-order valence-electron chi connectivity index (χ2n) is 3.79. The summed E-state index contributed by atoms with van der Waals surface area (Å²) in [6.07, 6.45) is 1.29. The summed E-state index contributed by atoms with van der Waals surface area (Å²) in [5.41, 5.74) is 0.319. The lowest BCUT2D eigenvalue weighted by atomic mass is 10.1. The summed E-state index contributed by atoms with van der Waals surface area (Å²) in [6, 6.07) is 4.08. The van der Waals surface area contributed by atoms with Gasteiger partial charge in [-0.3, -0.25) is 0 Å². The third-order valence-corrected chi connectivity index (χ3v) is 3.33. The Balaban J connectivity index is 2.55. The number of nitrogens with zero attached hydrogens (tertiary/aromatic N) is 1. The van der Waals surface area contributed by atoms with Crippen LogP contribution >= 0.6 is 34.8 Å². The zero-order valence-corrected chi connectivity index (χ0v) is 12.4. The molecule has 0 N–H and O–H groups in total. The van der Waals surface area contributed by atoms with Crippen molar-refractivity contribution in [2.24, 2.45) is 0 Å². The molecule has 0 aliphatic heterocycles.